The van der Waals surface area contributed by atoms with Gasteiger partial charge in [-0.1, -0.05) is 6.07 Å². The Morgan fingerprint density at radius 1 is 1.62 bits per heavy atom. The second-order valence-corrected chi connectivity index (χ2v) is 4.21. The summed E-state index contributed by atoms with van der Waals surface area (Å²) in [6.07, 6.45) is 2.80. The van der Waals surface area contributed by atoms with E-state index in [1.54, 1.807) is 0 Å². The summed E-state index contributed by atoms with van der Waals surface area (Å²) >= 11 is 0. The third-order valence-electron chi connectivity index (χ3n) is 2.75. The van der Waals surface area contributed by atoms with Gasteiger partial charge >= 0.3 is 0 Å². The predicted octanol–water partition coefficient (Wildman–Crippen LogP) is 1.47. The molecule has 1 atom stereocenters. The smallest absolute Gasteiger partial charge is 0.227 e. The van der Waals surface area contributed by atoms with E-state index in [2.05, 4.69) is 15.6 Å². The standard InChI is InChI=1S/C12H17N3O/c1-9-4-2-6-11(14-9)15-12(16)8-10-5-3-7-13-10/h2,4,6,10,13H,3,5,7-8H2,1H3,(H,14,15,16). The molecule has 0 spiro atoms. The lowest BCUT2D eigenvalue weighted by Crippen LogP contribution is -2.27. The summed E-state index contributed by atoms with van der Waals surface area (Å²) in [5.41, 5.74) is 0.914. The minimum atomic E-state index is 0.0394. The predicted molar refractivity (Wildman–Crippen MR) is 63.2 cm³/mol. The Morgan fingerprint density at radius 2 is 2.50 bits per heavy atom. The van der Waals surface area contributed by atoms with Gasteiger partial charge in [0.15, 0.2) is 0 Å². The molecule has 4 heteroatoms. The SMILES string of the molecule is Cc1cccc(NC(=O)CC2CCCN2)n1. The van der Waals surface area contributed by atoms with E-state index >= 15 is 0 Å². The van der Waals surface area contributed by atoms with E-state index in [4.69, 9.17) is 0 Å². The molecule has 86 valence electrons. The fourth-order valence-electron chi connectivity index (χ4n) is 1.96. The summed E-state index contributed by atoms with van der Waals surface area (Å²) < 4.78 is 0. The quantitative estimate of drug-likeness (QED) is 0.809. The van der Waals surface area contributed by atoms with E-state index in [0.717, 1.165) is 18.7 Å². The first-order valence-corrected chi connectivity index (χ1v) is 5.71. The van der Waals surface area contributed by atoms with Crippen LogP contribution in [0.25, 0.3) is 0 Å². The van der Waals surface area contributed by atoms with Crippen molar-refractivity contribution >= 4 is 11.7 Å². The number of aromatic nitrogens is 1. The monoisotopic (exact) mass is 219 g/mol. The lowest BCUT2D eigenvalue weighted by molar-refractivity contribution is -0.116. The van der Waals surface area contributed by atoms with Crippen LogP contribution < -0.4 is 10.6 Å². The zero-order chi connectivity index (χ0) is 11.4. The first kappa shape index (κ1) is 11.1. The van der Waals surface area contributed by atoms with Crippen LogP contribution in [0.1, 0.15) is 25.0 Å². The number of nitrogens with zero attached hydrogens (tertiary/aromatic N) is 1. The van der Waals surface area contributed by atoms with E-state index in [-0.39, 0.29) is 5.91 Å². The van der Waals surface area contributed by atoms with Crippen LogP contribution in [0.4, 0.5) is 5.82 Å². The van der Waals surface area contributed by atoms with Gasteiger partial charge in [0.2, 0.25) is 5.91 Å². The van der Waals surface area contributed by atoms with Gasteiger partial charge < -0.3 is 10.6 Å². The minimum Gasteiger partial charge on any atom is -0.313 e. The van der Waals surface area contributed by atoms with Crippen LogP contribution >= 0.6 is 0 Å². The van der Waals surface area contributed by atoms with E-state index in [0.29, 0.717) is 18.3 Å². The van der Waals surface area contributed by atoms with Crippen LogP contribution in [0.3, 0.4) is 0 Å². The molecular weight excluding hydrogens is 202 g/mol. The number of carbonyl (C=O) groups excluding carboxylic acids is 1. The number of anilines is 1. The van der Waals surface area contributed by atoms with Crippen LogP contribution in [-0.4, -0.2) is 23.5 Å². The molecule has 1 fully saturated rings. The molecular formula is C12H17N3O. The molecule has 1 aliphatic heterocycles. The van der Waals surface area contributed by atoms with Gasteiger partial charge in [-0.25, -0.2) is 4.98 Å². The summed E-state index contributed by atoms with van der Waals surface area (Å²) in [6, 6.07) is 5.96. The first-order chi connectivity index (χ1) is 7.74. The van der Waals surface area contributed by atoms with Gasteiger partial charge in [0.1, 0.15) is 5.82 Å². The van der Waals surface area contributed by atoms with Crippen molar-refractivity contribution < 1.29 is 4.79 Å². The van der Waals surface area contributed by atoms with Gasteiger partial charge in [0, 0.05) is 18.2 Å². The van der Waals surface area contributed by atoms with Crippen LogP contribution in [0.5, 0.6) is 0 Å². The van der Waals surface area contributed by atoms with Crippen LogP contribution in [0.15, 0.2) is 18.2 Å². The molecule has 0 bridgehead atoms. The van der Waals surface area contributed by atoms with Crippen molar-refractivity contribution in [2.75, 3.05) is 11.9 Å². The molecule has 4 nitrogen and oxygen atoms in total. The van der Waals surface area contributed by atoms with Crippen molar-refractivity contribution in [2.45, 2.75) is 32.2 Å². The van der Waals surface area contributed by atoms with Crippen LogP contribution in [0.2, 0.25) is 0 Å². The van der Waals surface area contributed by atoms with E-state index < -0.39 is 0 Å². The van der Waals surface area contributed by atoms with Crippen molar-refractivity contribution in [3.05, 3.63) is 23.9 Å². The number of aryl methyl sites for hydroxylation is 1. The Bertz CT molecular complexity index is 372. The van der Waals surface area contributed by atoms with E-state index in [1.165, 1.54) is 6.42 Å². The molecule has 1 aromatic rings. The Morgan fingerprint density at radius 3 is 3.19 bits per heavy atom. The third kappa shape index (κ3) is 3.03. The van der Waals surface area contributed by atoms with Gasteiger partial charge in [0.05, 0.1) is 0 Å². The highest BCUT2D eigenvalue weighted by molar-refractivity contribution is 5.90. The number of carbonyl (C=O) groups is 1. The lowest BCUT2D eigenvalue weighted by Gasteiger charge is -2.10. The van der Waals surface area contributed by atoms with Crippen molar-refractivity contribution in [3.63, 3.8) is 0 Å². The summed E-state index contributed by atoms with van der Waals surface area (Å²) in [5.74, 6) is 0.681. The van der Waals surface area contributed by atoms with Gasteiger partial charge in [-0.2, -0.15) is 0 Å². The molecule has 1 aromatic heterocycles. The average molecular weight is 219 g/mol. The molecule has 1 aliphatic rings. The maximum absolute atomic E-state index is 11.7. The lowest BCUT2D eigenvalue weighted by atomic mass is 10.1. The molecule has 1 saturated heterocycles. The summed E-state index contributed by atoms with van der Waals surface area (Å²) in [4.78, 5) is 15.9. The molecule has 0 aliphatic carbocycles. The fourth-order valence-corrected chi connectivity index (χ4v) is 1.96. The number of hydrogen-bond acceptors (Lipinski definition) is 3. The number of rotatable bonds is 3. The third-order valence-corrected chi connectivity index (χ3v) is 2.75. The summed E-state index contributed by atoms with van der Waals surface area (Å²) in [6.45, 7) is 2.94. The van der Waals surface area contributed by atoms with E-state index in [9.17, 15) is 4.79 Å². The zero-order valence-corrected chi connectivity index (χ0v) is 9.49. The van der Waals surface area contributed by atoms with Gasteiger partial charge in [-0.15, -0.1) is 0 Å². The Labute approximate surface area is 95.5 Å². The molecule has 1 unspecified atom stereocenters. The fraction of sp³-hybridized carbons (Fsp3) is 0.500. The van der Waals surface area contributed by atoms with Gasteiger partial charge in [-0.05, 0) is 38.4 Å². The Balaban J connectivity index is 1.86. The Kier molecular flexibility index (Phi) is 3.51. The largest absolute Gasteiger partial charge is 0.313 e. The molecule has 0 radical (unpaired) electrons. The van der Waals surface area contributed by atoms with Crippen LogP contribution in [0, 0.1) is 6.92 Å². The minimum absolute atomic E-state index is 0.0394. The first-order valence-electron chi connectivity index (χ1n) is 5.71. The zero-order valence-electron chi connectivity index (χ0n) is 9.49. The highest BCUT2D eigenvalue weighted by atomic mass is 16.1. The molecule has 2 heterocycles. The molecule has 2 rings (SSSR count). The van der Waals surface area contributed by atoms with Crippen LogP contribution in [-0.2, 0) is 4.79 Å². The summed E-state index contributed by atoms with van der Waals surface area (Å²) in [5, 5.41) is 6.12. The maximum atomic E-state index is 11.7. The van der Waals surface area contributed by atoms with Crippen molar-refractivity contribution in [2.24, 2.45) is 0 Å². The molecule has 0 aromatic carbocycles. The summed E-state index contributed by atoms with van der Waals surface area (Å²) in [7, 11) is 0. The Hall–Kier alpha value is -1.42. The maximum Gasteiger partial charge on any atom is 0.227 e. The molecule has 0 saturated carbocycles. The normalized spacial score (nSPS) is 19.7. The second-order valence-electron chi connectivity index (χ2n) is 4.21. The molecule has 1 amide bonds. The highest BCUT2D eigenvalue weighted by Gasteiger charge is 2.17. The van der Waals surface area contributed by atoms with Crippen molar-refractivity contribution in [1.29, 1.82) is 0 Å². The second kappa shape index (κ2) is 5.07. The number of amides is 1. The number of pyridine rings is 1. The van der Waals surface area contributed by atoms with Gasteiger partial charge in [-0.3, -0.25) is 4.79 Å². The van der Waals surface area contributed by atoms with Gasteiger partial charge in [0.25, 0.3) is 0 Å². The number of nitrogens with one attached hydrogen (secondary N) is 2. The highest BCUT2D eigenvalue weighted by Crippen LogP contribution is 2.10. The topological polar surface area (TPSA) is 54.0 Å². The van der Waals surface area contributed by atoms with E-state index in [1.807, 2.05) is 25.1 Å². The van der Waals surface area contributed by atoms with Crippen molar-refractivity contribution in [1.82, 2.24) is 10.3 Å². The average Bonchev–Trinajstić information content (AvgIpc) is 2.70. The molecule has 16 heavy (non-hydrogen) atoms. The molecule has 2 N–H and O–H groups in total. The van der Waals surface area contributed by atoms with Crippen molar-refractivity contribution in [3.8, 4) is 0 Å². The number of hydrogen-bond donors (Lipinski definition) is 2.